The van der Waals surface area contributed by atoms with Crippen LogP contribution in [0.15, 0.2) is 0 Å². The predicted octanol–water partition coefficient (Wildman–Crippen LogP) is 1.55. The SMILES string of the molecule is CN.[BiH3].[I][Pb]([I])([I])[I]. The molecule has 0 radical (unpaired) electrons. The second-order valence-corrected chi connectivity index (χ2v) is 169. The average molecular weight is 958 g/mol. The summed E-state index contributed by atoms with van der Waals surface area (Å²) in [6, 6.07) is 0. The first-order valence-electron chi connectivity index (χ1n) is 1.33. The van der Waals surface area contributed by atoms with Crippen molar-refractivity contribution in [3.8, 4) is 0 Å². The summed E-state index contributed by atoms with van der Waals surface area (Å²) in [7, 11) is 1.50. The number of hydrogen-bond donors (Lipinski definition) is 1. The van der Waals surface area contributed by atoms with Gasteiger partial charge in [-0.15, -0.1) is 0 Å². The van der Waals surface area contributed by atoms with Gasteiger partial charge in [-0.05, 0) is 7.05 Å². The van der Waals surface area contributed by atoms with Gasteiger partial charge in [0.05, 0.1) is 0 Å². The Morgan fingerprint density at radius 2 is 1.00 bits per heavy atom. The van der Waals surface area contributed by atoms with Crippen molar-refractivity contribution in [1.29, 1.82) is 0 Å². The summed E-state index contributed by atoms with van der Waals surface area (Å²) < 4.78 is -1.40. The van der Waals surface area contributed by atoms with Crippen LogP contribution < -0.4 is 5.73 Å². The predicted molar refractivity (Wildman–Crippen MR) is 81.9 cm³/mol. The van der Waals surface area contributed by atoms with Crippen LogP contribution in [0.4, 0.5) is 0 Å². The molecule has 0 fully saturated rings. The Bertz CT molecular complexity index is 31.5. The van der Waals surface area contributed by atoms with E-state index in [2.05, 4.69) is 76.8 Å². The van der Waals surface area contributed by atoms with Gasteiger partial charge < -0.3 is 5.73 Å². The second kappa shape index (κ2) is 11.7. The van der Waals surface area contributed by atoms with E-state index in [9.17, 15) is 0 Å². The number of nitrogens with two attached hydrogens (primary N) is 1. The van der Waals surface area contributed by atoms with Crippen LogP contribution in [0.1, 0.15) is 0 Å². The first-order valence-corrected chi connectivity index (χ1v) is 45.1. The first-order chi connectivity index (χ1) is 3.00. The van der Waals surface area contributed by atoms with Crippen LogP contribution in [0.25, 0.3) is 0 Å². The Labute approximate surface area is 110 Å². The van der Waals surface area contributed by atoms with E-state index in [4.69, 9.17) is 0 Å². The van der Waals surface area contributed by atoms with Crippen LogP contribution in [0.3, 0.4) is 0 Å². The summed E-state index contributed by atoms with van der Waals surface area (Å²) >= 11 is 10.2. The van der Waals surface area contributed by atoms with Crippen molar-refractivity contribution in [2.45, 2.75) is 0 Å². The maximum absolute atomic E-state index is 4.50. The third-order valence-corrected chi connectivity index (χ3v) is 0. The monoisotopic (exact) mass is 959 g/mol. The number of hydrogen-bond acceptors (Lipinski definition) is 1. The van der Waals surface area contributed by atoms with Crippen molar-refractivity contribution in [2.24, 2.45) is 5.73 Å². The van der Waals surface area contributed by atoms with Crippen LogP contribution >= 0.6 is 71.0 Å². The van der Waals surface area contributed by atoms with Crippen LogP contribution in [0.2, 0.25) is 0 Å². The van der Waals surface area contributed by atoms with E-state index in [0.717, 1.165) is 0 Å². The molecule has 0 bridgehead atoms. The average Bonchev–Trinajstić information content (AvgIpc) is 1.36. The van der Waals surface area contributed by atoms with Gasteiger partial charge in [0.2, 0.25) is 0 Å². The molecule has 0 rings (SSSR count). The molecule has 0 aromatic carbocycles. The molecular weight excluding hydrogens is 950 g/mol. The molecule has 0 unspecified atom stereocenters. The van der Waals surface area contributed by atoms with E-state index in [1.165, 1.54) is 7.05 Å². The maximum atomic E-state index is 4.50. The molecule has 0 aliphatic carbocycles. The quantitative estimate of drug-likeness (QED) is 0.290. The van der Waals surface area contributed by atoms with Crippen molar-refractivity contribution >= 4 is 101 Å². The second-order valence-electron chi connectivity index (χ2n) is 0.429. The van der Waals surface area contributed by atoms with Gasteiger partial charge in [0, 0.05) is 0 Å². The molecule has 0 saturated carbocycles. The molecule has 0 saturated heterocycles. The molecular formula is CH8BiI4NPb. The molecule has 0 aromatic heterocycles. The topological polar surface area (TPSA) is 26.0 Å². The van der Waals surface area contributed by atoms with Gasteiger partial charge in [0.1, 0.15) is 0 Å². The Balaban J connectivity index is -0.0000000750. The Morgan fingerprint density at radius 1 is 1.00 bits per heavy atom. The van der Waals surface area contributed by atoms with Crippen molar-refractivity contribution in [2.75, 3.05) is 7.05 Å². The van der Waals surface area contributed by atoms with Crippen LogP contribution in [0, 0.1) is 0 Å². The number of halogens is 4. The standard InChI is InChI=1S/CH5N.Bi.4HI.Pb.3H/c1-2;;;;;;;;;/h2H2,1H3;;4*1H;;;;/q;;;;;;+4;;;/p-4. The zero-order valence-electron chi connectivity index (χ0n) is 4.30. The summed E-state index contributed by atoms with van der Waals surface area (Å²) in [5.74, 6) is 0. The third kappa shape index (κ3) is 45.7. The minimum atomic E-state index is -1.40. The molecule has 8 heavy (non-hydrogen) atoms. The first kappa shape index (κ1) is 18.5. The van der Waals surface area contributed by atoms with Gasteiger partial charge in [0.25, 0.3) is 0 Å². The molecule has 0 aromatic rings. The molecule has 54 valence electrons. The van der Waals surface area contributed by atoms with Crippen LogP contribution in [-0.4, -0.2) is 37.3 Å². The van der Waals surface area contributed by atoms with E-state index < -0.39 is 4.00 Å². The van der Waals surface area contributed by atoms with Gasteiger partial charge in [-0.2, -0.15) is 0 Å². The van der Waals surface area contributed by atoms with Crippen LogP contribution in [0.5, 0.6) is 0 Å². The molecule has 2 N–H and O–H groups in total. The molecule has 0 atom stereocenters. The summed E-state index contributed by atoms with van der Waals surface area (Å²) in [6.07, 6.45) is 0. The molecule has 0 amide bonds. The summed E-state index contributed by atoms with van der Waals surface area (Å²) in [4.78, 5) is 0. The Hall–Kier alpha value is 4.69. The van der Waals surface area contributed by atoms with E-state index in [0.29, 0.717) is 0 Å². The van der Waals surface area contributed by atoms with Gasteiger partial charge in [0.15, 0.2) is 0 Å². The van der Waals surface area contributed by atoms with E-state index in [-0.39, 0.29) is 26.2 Å². The third-order valence-electron chi connectivity index (χ3n) is 0. The summed E-state index contributed by atoms with van der Waals surface area (Å²) in [5.41, 5.74) is 4.50. The van der Waals surface area contributed by atoms with Crippen LogP contribution in [-0.2, 0) is 0 Å². The van der Waals surface area contributed by atoms with Crippen molar-refractivity contribution in [3.05, 3.63) is 0 Å². The molecule has 0 spiro atoms. The fourth-order valence-corrected chi connectivity index (χ4v) is 0. The van der Waals surface area contributed by atoms with E-state index in [1.807, 2.05) is 0 Å². The van der Waals surface area contributed by atoms with Crippen molar-refractivity contribution < 1.29 is 0 Å². The molecule has 0 heterocycles. The summed E-state index contributed by atoms with van der Waals surface area (Å²) in [6.45, 7) is 0. The molecule has 0 aliphatic heterocycles. The fraction of sp³-hybridized carbons (Fsp3) is 1.00. The molecule has 0 aliphatic rings. The molecule has 1 nitrogen and oxygen atoms in total. The zero-order chi connectivity index (χ0) is 6.50. The van der Waals surface area contributed by atoms with E-state index in [1.54, 1.807) is 0 Å². The van der Waals surface area contributed by atoms with Gasteiger partial charge >= 0.3 is 101 Å². The van der Waals surface area contributed by atoms with Gasteiger partial charge in [-0.25, -0.2) is 0 Å². The zero-order valence-corrected chi connectivity index (χ0v) is 22.3. The fourth-order valence-electron chi connectivity index (χ4n) is 0. The van der Waals surface area contributed by atoms with Crippen molar-refractivity contribution in [3.63, 3.8) is 0 Å². The van der Waals surface area contributed by atoms with Crippen molar-refractivity contribution in [1.82, 2.24) is 0 Å². The Kier molecular flexibility index (Phi) is 27.0. The normalized spacial score (nSPS) is 8.25. The molecule has 7 heteroatoms. The minimum absolute atomic E-state index is 0. The van der Waals surface area contributed by atoms with Gasteiger partial charge in [-0.3, -0.25) is 0 Å². The Morgan fingerprint density at radius 3 is 1.00 bits per heavy atom. The summed E-state index contributed by atoms with van der Waals surface area (Å²) in [5, 5.41) is 0. The number of rotatable bonds is 0. The van der Waals surface area contributed by atoms with Gasteiger partial charge in [-0.1, -0.05) is 0 Å². The van der Waals surface area contributed by atoms with E-state index >= 15 is 0 Å².